The maximum atomic E-state index is 13.0. The number of nitrogens with two attached hydrogens (primary N) is 2. The zero-order valence-corrected chi connectivity index (χ0v) is 20.1. The van der Waals surface area contributed by atoms with E-state index in [1.54, 1.807) is 12.1 Å². The Hall–Kier alpha value is -2.83. The first-order valence-corrected chi connectivity index (χ1v) is 12.4. The van der Waals surface area contributed by atoms with Crippen molar-refractivity contribution in [3.05, 3.63) is 29.8 Å². The number of rotatable bonds is 16. The van der Waals surface area contributed by atoms with E-state index in [9.17, 15) is 29.4 Å². The number of thioether (sulfide) groups is 1. The van der Waals surface area contributed by atoms with Crippen molar-refractivity contribution >= 4 is 35.5 Å². The molecule has 0 spiro atoms. The molecule has 9 N–H and O–H groups in total. The molecule has 11 nitrogen and oxygen atoms in total. The van der Waals surface area contributed by atoms with Crippen molar-refractivity contribution in [2.24, 2.45) is 11.5 Å². The van der Waals surface area contributed by atoms with E-state index in [-0.39, 0.29) is 25.1 Å². The number of hydrogen-bond acceptors (Lipinski definition) is 8. The van der Waals surface area contributed by atoms with Gasteiger partial charge in [0.25, 0.3) is 0 Å². The fourth-order valence-corrected chi connectivity index (χ4v) is 3.60. The minimum Gasteiger partial charge on any atom is -0.508 e. The number of carbonyl (C=O) groups is 4. The van der Waals surface area contributed by atoms with Crippen molar-refractivity contribution in [3.8, 4) is 5.75 Å². The smallest absolute Gasteiger partial charge is 0.326 e. The molecule has 1 aromatic rings. The van der Waals surface area contributed by atoms with E-state index >= 15 is 0 Å². The van der Waals surface area contributed by atoms with Crippen molar-refractivity contribution in [3.63, 3.8) is 0 Å². The van der Waals surface area contributed by atoms with Crippen LogP contribution in [0.3, 0.4) is 0 Å². The Labute approximate surface area is 203 Å². The third kappa shape index (κ3) is 10.9. The number of carboxylic acids is 1. The Balaban J connectivity index is 2.95. The van der Waals surface area contributed by atoms with Crippen LogP contribution in [0.1, 0.15) is 31.2 Å². The van der Waals surface area contributed by atoms with Crippen LogP contribution in [0, 0.1) is 0 Å². The van der Waals surface area contributed by atoms with Crippen LogP contribution < -0.4 is 27.4 Å². The van der Waals surface area contributed by atoms with Gasteiger partial charge in [-0.05, 0) is 61.9 Å². The second-order valence-electron chi connectivity index (χ2n) is 7.72. The van der Waals surface area contributed by atoms with E-state index in [0.717, 1.165) is 0 Å². The topological polar surface area (TPSA) is 197 Å². The molecule has 12 heteroatoms. The number of carboxylic acid groups (broad SMARTS) is 1. The molecular weight excluding hydrogens is 462 g/mol. The SMILES string of the molecule is CSCCC(NC(=O)CN)C(=O)NC(CCCCN)C(=O)NC(Cc1ccc(O)cc1)C(=O)O. The number of amides is 3. The lowest BCUT2D eigenvalue weighted by atomic mass is 10.0. The standard InChI is InChI=1S/C22H35N5O6S/c1-34-11-9-17(25-19(29)13-24)21(31)26-16(4-2-3-10-23)20(30)27-18(22(32)33)12-14-5-7-15(28)8-6-14/h5-8,16-18,28H,2-4,9-13,23-24H2,1H3,(H,25,29)(H,26,31)(H,27,30)(H,32,33). The number of aromatic hydroxyl groups is 1. The van der Waals surface area contributed by atoms with Crippen LogP contribution in [0.4, 0.5) is 0 Å². The van der Waals surface area contributed by atoms with Gasteiger partial charge in [-0.1, -0.05) is 12.1 Å². The molecule has 1 rings (SSSR count). The lowest BCUT2D eigenvalue weighted by molar-refractivity contribution is -0.142. The molecule has 34 heavy (non-hydrogen) atoms. The van der Waals surface area contributed by atoms with Gasteiger partial charge in [0.15, 0.2) is 0 Å². The highest BCUT2D eigenvalue weighted by molar-refractivity contribution is 7.98. The monoisotopic (exact) mass is 497 g/mol. The van der Waals surface area contributed by atoms with E-state index in [1.807, 2.05) is 6.26 Å². The van der Waals surface area contributed by atoms with Gasteiger partial charge in [0.1, 0.15) is 23.9 Å². The van der Waals surface area contributed by atoms with Crippen LogP contribution in [0.2, 0.25) is 0 Å². The molecule has 0 fully saturated rings. The van der Waals surface area contributed by atoms with E-state index in [2.05, 4.69) is 16.0 Å². The van der Waals surface area contributed by atoms with Crippen LogP contribution in [-0.2, 0) is 25.6 Å². The summed E-state index contributed by atoms with van der Waals surface area (Å²) >= 11 is 1.50. The van der Waals surface area contributed by atoms with E-state index in [1.165, 1.54) is 23.9 Å². The highest BCUT2D eigenvalue weighted by Gasteiger charge is 2.29. The third-order valence-corrected chi connectivity index (χ3v) is 5.66. The number of benzene rings is 1. The predicted octanol–water partition coefficient (Wildman–Crippen LogP) is -0.685. The van der Waals surface area contributed by atoms with E-state index in [0.29, 0.717) is 37.1 Å². The molecule has 0 saturated heterocycles. The Morgan fingerprint density at radius 3 is 2.03 bits per heavy atom. The number of hydrogen-bond donors (Lipinski definition) is 7. The summed E-state index contributed by atoms with van der Waals surface area (Å²) in [5.74, 6) is -2.29. The van der Waals surface area contributed by atoms with Crippen LogP contribution >= 0.6 is 11.8 Å². The maximum absolute atomic E-state index is 13.0. The summed E-state index contributed by atoms with van der Waals surface area (Å²) in [5, 5.41) is 26.7. The van der Waals surface area contributed by atoms with Gasteiger partial charge in [-0.3, -0.25) is 14.4 Å². The van der Waals surface area contributed by atoms with E-state index < -0.39 is 41.8 Å². The van der Waals surface area contributed by atoms with Crippen LogP contribution in [0.25, 0.3) is 0 Å². The van der Waals surface area contributed by atoms with E-state index in [4.69, 9.17) is 11.5 Å². The second kappa shape index (κ2) is 15.9. The summed E-state index contributed by atoms with van der Waals surface area (Å²) in [6, 6.07) is 2.86. The molecule has 3 amide bonds. The van der Waals surface area contributed by atoms with Crippen molar-refractivity contribution < 1.29 is 29.4 Å². The average Bonchev–Trinajstić information content (AvgIpc) is 2.81. The molecule has 190 valence electrons. The summed E-state index contributed by atoms with van der Waals surface area (Å²) in [5.41, 5.74) is 11.5. The first-order valence-electron chi connectivity index (χ1n) is 11.0. The molecule has 0 aliphatic rings. The summed E-state index contributed by atoms with van der Waals surface area (Å²) in [6.07, 6.45) is 3.61. The van der Waals surface area contributed by atoms with Crippen LogP contribution in [0.5, 0.6) is 5.75 Å². The summed E-state index contributed by atoms with van der Waals surface area (Å²) in [7, 11) is 0. The highest BCUT2D eigenvalue weighted by atomic mass is 32.2. The zero-order valence-electron chi connectivity index (χ0n) is 19.3. The molecule has 0 aliphatic carbocycles. The molecule has 0 aliphatic heterocycles. The molecule has 0 radical (unpaired) electrons. The molecule has 0 saturated carbocycles. The lowest BCUT2D eigenvalue weighted by Crippen LogP contribution is -2.56. The van der Waals surface area contributed by atoms with Crippen LogP contribution in [0.15, 0.2) is 24.3 Å². The lowest BCUT2D eigenvalue weighted by Gasteiger charge is -2.24. The number of phenolic OH excluding ortho intramolecular Hbond substituents is 1. The molecule has 0 bridgehead atoms. The summed E-state index contributed by atoms with van der Waals surface area (Å²) in [6.45, 7) is 0.130. The number of unbranched alkanes of at least 4 members (excludes halogenated alkanes) is 1. The van der Waals surface area contributed by atoms with Gasteiger partial charge < -0.3 is 37.6 Å². The van der Waals surface area contributed by atoms with Crippen molar-refractivity contribution in [1.29, 1.82) is 0 Å². The predicted molar refractivity (Wildman–Crippen MR) is 130 cm³/mol. The van der Waals surface area contributed by atoms with Crippen molar-refractivity contribution in [2.45, 2.75) is 50.2 Å². The Morgan fingerprint density at radius 2 is 1.50 bits per heavy atom. The Morgan fingerprint density at radius 1 is 0.912 bits per heavy atom. The van der Waals surface area contributed by atoms with Crippen LogP contribution in [-0.4, -0.2) is 77.1 Å². The van der Waals surface area contributed by atoms with Gasteiger partial charge >= 0.3 is 5.97 Å². The van der Waals surface area contributed by atoms with Gasteiger partial charge in [0.2, 0.25) is 17.7 Å². The minimum absolute atomic E-state index is 0.00622. The Bertz CT molecular complexity index is 807. The molecule has 1 aromatic carbocycles. The maximum Gasteiger partial charge on any atom is 0.326 e. The normalized spacial score (nSPS) is 13.4. The number of aliphatic carboxylic acids is 1. The average molecular weight is 498 g/mol. The van der Waals surface area contributed by atoms with Crippen molar-refractivity contribution in [2.75, 3.05) is 25.1 Å². The van der Waals surface area contributed by atoms with Gasteiger partial charge in [0.05, 0.1) is 6.54 Å². The molecule has 0 heterocycles. The zero-order chi connectivity index (χ0) is 25.5. The molecule has 0 aromatic heterocycles. The first kappa shape index (κ1) is 29.2. The second-order valence-corrected chi connectivity index (χ2v) is 8.71. The summed E-state index contributed by atoms with van der Waals surface area (Å²) in [4.78, 5) is 49.3. The molecular formula is C22H35N5O6S. The van der Waals surface area contributed by atoms with Gasteiger partial charge in [-0.2, -0.15) is 11.8 Å². The summed E-state index contributed by atoms with van der Waals surface area (Å²) < 4.78 is 0. The van der Waals surface area contributed by atoms with Gasteiger partial charge in [0, 0.05) is 6.42 Å². The first-order chi connectivity index (χ1) is 16.2. The number of phenols is 1. The number of nitrogens with one attached hydrogen (secondary N) is 3. The Kier molecular flexibility index (Phi) is 13.7. The third-order valence-electron chi connectivity index (χ3n) is 5.02. The fourth-order valence-electron chi connectivity index (χ4n) is 3.13. The highest BCUT2D eigenvalue weighted by Crippen LogP contribution is 2.12. The minimum atomic E-state index is -1.24. The fraction of sp³-hybridized carbons (Fsp3) is 0.545. The van der Waals surface area contributed by atoms with Gasteiger partial charge in [-0.25, -0.2) is 4.79 Å². The number of carbonyl (C=O) groups excluding carboxylic acids is 3. The van der Waals surface area contributed by atoms with Gasteiger partial charge in [-0.15, -0.1) is 0 Å². The molecule has 3 unspecified atom stereocenters. The molecule has 3 atom stereocenters. The largest absolute Gasteiger partial charge is 0.508 e. The quantitative estimate of drug-likeness (QED) is 0.145. The van der Waals surface area contributed by atoms with Crippen molar-refractivity contribution in [1.82, 2.24) is 16.0 Å².